The van der Waals surface area contributed by atoms with Crippen molar-refractivity contribution in [3.63, 3.8) is 0 Å². The number of halogens is 2. The Morgan fingerprint density at radius 1 is 1.50 bits per heavy atom. The number of nitrogens with one attached hydrogen (secondary N) is 2. The summed E-state index contributed by atoms with van der Waals surface area (Å²) in [6, 6.07) is 3.90. The smallest absolute Gasteiger partial charge is 0.297 e. The van der Waals surface area contributed by atoms with Crippen LogP contribution in [0.2, 0.25) is 0 Å². The molecular weight excluding hydrogens is 281 g/mol. The fraction of sp³-hybridized carbons (Fsp3) is 0. The maximum Gasteiger partial charge on any atom is 0.297 e. The summed E-state index contributed by atoms with van der Waals surface area (Å²) in [5.41, 5.74) is 0.427. The van der Waals surface area contributed by atoms with Gasteiger partial charge in [0.05, 0.1) is 5.69 Å². The van der Waals surface area contributed by atoms with Crippen LogP contribution in [0.1, 0.15) is 10.6 Å². The van der Waals surface area contributed by atoms with Gasteiger partial charge in [0.25, 0.3) is 11.7 Å². The van der Waals surface area contributed by atoms with Gasteiger partial charge in [-0.15, -0.1) is 10.2 Å². The van der Waals surface area contributed by atoms with Crippen LogP contribution in [-0.2, 0) is 0 Å². The molecule has 82 valence electrons. The first-order chi connectivity index (χ1) is 7.66. The maximum absolute atomic E-state index is 12.8. The van der Waals surface area contributed by atoms with E-state index in [1.165, 1.54) is 18.2 Å². The number of rotatable bonds is 2. The van der Waals surface area contributed by atoms with Crippen LogP contribution in [0.5, 0.6) is 0 Å². The minimum absolute atomic E-state index is 0.0868. The van der Waals surface area contributed by atoms with E-state index in [1.54, 1.807) is 0 Å². The van der Waals surface area contributed by atoms with Gasteiger partial charge < -0.3 is 5.32 Å². The molecule has 8 heteroatoms. The van der Waals surface area contributed by atoms with Crippen molar-refractivity contribution in [1.82, 2.24) is 20.6 Å². The van der Waals surface area contributed by atoms with Crippen LogP contribution < -0.4 is 5.32 Å². The van der Waals surface area contributed by atoms with Crippen LogP contribution >= 0.6 is 15.9 Å². The maximum atomic E-state index is 12.8. The molecule has 2 N–H and O–H groups in total. The molecule has 1 amide bonds. The lowest BCUT2D eigenvalue weighted by Crippen LogP contribution is -2.14. The molecule has 1 aromatic heterocycles. The third kappa shape index (κ3) is 2.22. The molecule has 0 atom stereocenters. The average molecular weight is 286 g/mol. The highest BCUT2D eigenvalue weighted by Crippen LogP contribution is 2.23. The second kappa shape index (κ2) is 4.35. The molecule has 0 fully saturated rings. The predicted octanol–water partition coefficient (Wildman–Crippen LogP) is 1.35. The van der Waals surface area contributed by atoms with Gasteiger partial charge in [-0.2, -0.15) is 5.21 Å². The highest BCUT2D eigenvalue weighted by molar-refractivity contribution is 9.10. The van der Waals surface area contributed by atoms with Gasteiger partial charge >= 0.3 is 0 Å². The van der Waals surface area contributed by atoms with Gasteiger partial charge in [-0.05, 0) is 39.3 Å². The van der Waals surface area contributed by atoms with Gasteiger partial charge in [-0.25, -0.2) is 4.39 Å². The van der Waals surface area contributed by atoms with Crippen LogP contribution in [0.25, 0.3) is 0 Å². The van der Waals surface area contributed by atoms with Gasteiger partial charge in [-0.3, -0.25) is 4.79 Å². The lowest BCUT2D eigenvalue weighted by Gasteiger charge is -2.04. The lowest BCUT2D eigenvalue weighted by molar-refractivity contribution is 0.101. The molecule has 0 radical (unpaired) electrons. The third-order valence-corrected chi connectivity index (χ3v) is 2.38. The fourth-order valence-electron chi connectivity index (χ4n) is 1.03. The van der Waals surface area contributed by atoms with Crippen LogP contribution in [0.4, 0.5) is 10.1 Å². The van der Waals surface area contributed by atoms with Crippen molar-refractivity contribution in [2.24, 2.45) is 0 Å². The largest absolute Gasteiger partial charge is 0.318 e. The number of aromatic nitrogens is 4. The van der Waals surface area contributed by atoms with E-state index in [0.29, 0.717) is 10.2 Å². The number of carbonyl (C=O) groups excluding carboxylic acids is 1. The summed E-state index contributed by atoms with van der Waals surface area (Å²) in [6.07, 6.45) is 0. The number of tetrazole rings is 1. The zero-order chi connectivity index (χ0) is 11.5. The number of amides is 1. The first-order valence-electron chi connectivity index (χ1n) is 4.16. The number of hydrogen-bond donors (Lipinski definition) is 2. The minimum Gasteiger partial charge on any atom is -0.318 e. The van der Waals surface area contributed by atoms with Crippen LogP contribution in [-0.4, -0.2) is 26.5 Å². The summed E-state index contributed by atoms with van der Waals surface area (Å²) < 4.78 is 13.2. The third-order valence-electron chi connectivity index (χ3n) is 1.73. The first kappa shape index (κ1) is 10.7. The van der Waals surface area contributed by atoms with E-state index in [4.69, 9.17) is 0 Å². The summed E-state index contributed by atoms with van der Waals surface area (Å²) in [5, 5.41) is 14.9. The van der Waals surface area contributed by atoms with Gasteiger partial charge in [0.1, 0.15) is 5.82 Å². The van der Waals surface area contributed by atoms with Crippen molar-refractivity contribution in [2.45, 2.75) is 0 Å². The Hall–Kier alpha value is -1.83. The van der Waals surface area contributed by atoms with Crippen molar-refractivity contribution in [1.29, 1.82) is 0 Å². The van der Waals surface area contributed by atoms with Gasteiger partial charge in [-0.1, -0.05) is 0 Å². The minimum atomic E-state index is -0.527. The van der Waals surface area contributed by atoms with Crippen molar-refractivity contribution in [3.05, 3.63) is 34.3 Å². The molecule has 0 aliphatic rings. The number of anilines is 1. The molecule has 2 aromatic rings. The number of nitrogens with zero attached hydrogens (tertiary/aromatic N) is 3. The van der Waals surface area contributed by atoms with Gasteiger partial charge in [0.2, 0.25) is 0 Å². The molecular formula is C8H5BrFN5O. The topological polar surface area (TPSA) is 83.6 Å². The van der Waals surface area contributed by atoms with Crippen LogP contribution in [0, 0.1) is 5.82 Å². The van der Waals surface area contributed by atoms with E-state index < -0.39 is 11.7 Å². The molecule has 1 heterocycles. The molecule has 16 heavy (non-hydrogen) atoms. The summed E-state index contributed by atoms with van der Waals surface area (Å²) in [7, 11) is 0. The molecule has 0 saturated heterocycles. The zero-order valence-electron chi connectivity index (χ0n) is 7.74. The van der Waals surface area contributed by atoms with Crippen LogP contribution in [0.15, 0.2) is 22.7 Å². The highest BCUT2D eigenvalue weighted by atomic mass is 79.9. The zero-order valence-corrected chi connectivity index (χ0v) is 9.32. The summed E-state index contributed by atoms with van der Waals surface area (Å²) >= 11 is 3.12. The normalized spacial score (nSPS) is 10.1. The number of hydrogen-bond acceptors (Lipinski definition) is 4. The van der Waals surface area contributed by atoms with Crippen molar-refractivity contribution in [3.8, 4) is 0 Å². The number of carbonyl (C=O) groups is 1. The Balaban J connectivity index is 2.18. The van der Waals surface area contributed by atoms with Crippen molar-refractivity contribution in [2.75, 3.05) is 5.32 Å². The van der Waals surface area contributed by atoms with Gasteiger partial charge in [0, 0.05) is 4.47 Å². The Morgan fingerprint density at radius 3 is 2.94 bits per heavy atom. The molecule has 0 spiro atoms. The number of benzene rings is 1. The number of H-pyrrole nitrogens is 1. The second-order valence-electron chi connectivity index (χ2n) is 2.81. The van der Waals surface area contributed by atoms with E-state index in [2.05, 4.69) is 41.9 Å². The first-order valence-corrected chi connectivity index (χ1v) is 4.96. The highest BCUT2D eigenvalue weighted by Gasteiger charge is 2.12. The van der Waals surface area contributed by atoms with E-state index in [1.807, 2.05) is 0 Å². The Kier molecular flexibility index (Phi) is 2.91. The second-order valence-corrected chi connectivity index (χ2v) is 3.67. The lowest BCUT2D eigenvalue weighted by atomic mass is 10.3. The molecule has 0 saturated carbocycles. The number of aromatic amines is 1. The molecule has 0 aliphatic heterocycles. The SMILES string of the molecule is O=C(Nc1ccc(F)cc1Br)c1nn[nH]n1. The van der Waals surface area contributed by atoms with E-state index >= 15 is 0 Å². The quantitative estimate of drug-likeness (QED) is 0.873. The standard InChI is InChI=1S/C8H5BrFN5O/c9-5-3-4(10)1-2-6(5)11-8(16)7-12-14-15-13-7/h1-3H,(H,11,16)(H,12,13,14,15). The molecule has 2 rings (SSSR count). The molecule has 6 nitrogen and oxygen atoms in total. The van der Waals surface area contributed by atoms with Crippen molar-refractivity contribution < 1.29 is 9.18 Å². The molecule has 0 bridgehead atoms. The van der Waals surface area contributed by atoms with Gasteiger partial charge in [0.15, 0.2) is 0 Å². The van der Waals surface area contributed by atoms with Crippen molar-refractivity contribution >= 4 is 27.5 Å². The molecule has 0 unspecified atom stereocenters. The monoisotopic (exact) mass is 285 g/mol. The molecule has 1 aromatic carbocycles. The summed E-state index contributed by atoms with van der Waals surface area (Å²) in [6.45, 7) is 0. The fourth-order valence-corrected chi connectivity index (χ4v) is 1.48. The summed E-state index contributed by atoms with van der Waals surface area (Å²) in [5.74, 6) is -1.01. The Labute approximate surface area is 97.4 Å². The Morgan fingerprint density at radius 2 is 2.31 bits per heavy atom. The van der Waals surface area contributed by atoms with Crippen LogP contribution in [0.3, 0.4) is 0 Å². The van der Waals surface area contributed by atoms with E-state index in [9.17, 15) is 9.18 Å². The van der Waals surface area contributed by atoms with E-state index in [-0.39, 0.29) is 5.82 Å². The average Bonchev–Trinajstić information content (AvgIpc) is 2.75. The summed E-state index contributed by atoms with van der Waals surface area (Å²) in [4.78, 5) is 11.5. The Bertz CT molecular complexity index is 515. The predicted molar refractivity (Wildman–Crippen MR) is 56.2 cm³/mol. The molecule has 0 aliphatic carbocycles. The van der Waals surface area contributed by atoms with E-state index in [0.717, 1.165) is 0 Å².